The van der Waals surface area contributed by atoms with Crippen molar-refractivity contribution in [3.63, 3.8) is 0 Å². The minimum atomic E-state index is -3.94. The maximum Gasteiger partial charge on any atom is 0.271 e. The summed E-state index contributed by atoms with van der Waals surface area (Å²) in [6.45, 7) is 0. The molecule has 9 heteroatoms. The summed E-state index contributed by atoms with van der Waals surface area (Å²) in [7, 11) is -3.94. The van der Waals surface area contributed by atoms with Gasteiger partial charge in [0, 0.05) is 10.9 Å². The molecule has 0 unspecified atom stereocenters. The molecule has 0 spiro atoms. The van der Waals surface area contributed by atoms with E-state index in [1.807, 2.05) is 0 Å². The lowest BCUT2D eigenvalue weighted by atomic mass is 10.2. The summed E-state index contributed by atoms with van der Waals surface area (Å²) in [5.41, 5.74) is 0.108. The van der Waals surface area contributed by atoms with Gasteiger partial charge in [-0.25, -0.2) is 8.42 Å². The molecule has 22 heavy (non-hydrogen) atoms. The number of hydrogen-bond donors (Lipinski definition) is 2. The number of anilines is 1. The first-order valence-corrected chi connectivity index (χ1v) is 8.66. The number of thiophene rings is 1. The number of carboxylic acids is 1. The lowest BCUT2D eigenvalue weighted by Crippen LogP contribution is -2.24. The number of fused-ring (bicyclic) bond motifs is 1. The van der Waals surface area contributed by atoms with Crippen molar-refractivity contribution in [2.24, 2.45) is 0 Å². The lowest BCUT2D eigenvalue weighted by molar-refractivity contribution is -0.255. The van der Waals surface area contributed by atoms with E-state index >= 15 is 0 Å². The van der Waals surface area contributed by atoms with Crippen LogP contribution in [0.2, 0.25) is 4.34 Å². The number of nitrogens with one attached hydrogen (secondary N) is 2. The van der Waals surface area contributed by atoms with Crippen molar-refractivity contribution in [1.82, 2.24) is 4.98 Å². The minimum Gasteiger partial charge on any atom is -0.543 e. The second-order valence-electron chi connectivity index (χ2n) is 4.37. The molecule has 0 radical (unpaired) electrons. The van der Waals surface area contributed by atoms with Crippen LogP contribution < -0.4 is 9.83 Å². The van der Waals surface area contributed by atoms with Crippen LogP contribution >= 0.6 is 22.9 Å². The van der Waals surface area contributed by atoms with Crippen molar-refractivity contribution in [3.8, 4) is 0 Å². The van der Waals surface area contributed by atoms with E-state index in [-0.39, 0.29) is 15.6 Å². The van der Waals surface area contributed by atoms with Gasteiger partial charge >= 0.3 is 0 Å². The molecular formula is C13H8ClN2O4S2-. The van der Waals surface area contributed by atoms with Crippen molar-refractivity contribution < 1.29 is 18.3 Å². The Morgan fingerprint density at radius 3 is 2.59 bits per heavy atom. The average molecular weight is 356 g/mol. The van der Waals surface area contributed by atoms with Gasteiger partial charge in [-0.15, -0.1) is 11.3 Å². The van der Waals surface area contributed by atoms with Gasteiger partial charge in [0.1, 0.15) is 4.21 Å². The number of rotatable bonds is 4. The maximum absolute atomic E-state index is 12.3. The Morgan fingerprint density at radius 1 is 1.23 bits per heavy atom. The molecule has 0 bridgehead atoms. The van der Waals surface area contributed by atoms with Gasteiger partial charge in [-0.3, -0.25) is 4.72 Å². The van der Waals surface area contributed by atoms with Gasteiger partial charge in [-0.1, -0.05) is 29.8 Å². The number of carbonyl (C=O) groups excluding carboxylic acids is 1. The number of benzene rings is 1. The molecule has 2 N–H and O–H groups in total. The van der Waals surface area contributed by atoms with Gasteiger partial charge in [-0.05, 0) is 18.2 Å². The highest BCUT2D eigenvalue weighted by Gasteiger charge is 2.21. The summed E-state index contributed by atoms with van der Waals surface area (Å²) in [4.78, 5) is 13.9. The summed E-state index contributed by atoms with van der Waals surface area (Å²) in [5.74, 6) is -1.50. The molecule has 0 saturated heterocycles. The van der Waals surface area contributed by atoms with Crippen LogP contribution in [0.25, 0.3) is 10.9 Å². The zero-order valence-electron chi connectivity index (χ0n) is 10.8. The normalized spacial score (nSPS) is 11.7. The fourth-order valence-electron chi connectivity index (χ4n) is 2.03. The molecule has 0 atom stereocenters. The Kier molecular flexibility index (Phi) is 3.59. The highest BCUT2D eigenvalue weighted by molar-refractivity contribution is 7.94. The molecule has 0 fully saturated rings. The van der Waals surface area contributed by atoms with E-state index < -0.39 is 16.0 Å². The number of hydrogen-bond acceptors (Lipinski definition) is 5. The Hall–Kier alpha value is -2.03. The van der Waals surface area contributed by atoms with Crippen LogP contribution in [0.5, 0.6) is 0 Å². The smallest absolute Gasteiger partial charge is 0.271 e. The van der Waals surface area contributed by atoms with Gasteiger partial charge < -0.3 is 14.9 Å². The number of carbonyl (C=O) groups is 1. The molecule has 0 aliphatic carbocycles. The van der Waals surface area contributed by atoms with Crippen LogP contribution in [0.1, 0.15) is 10.5 Å². The summed E-state index contributed by atoms with van der Waals surface area (Å²) in [6.07, 6.45) is 0. The molecular weight excluding hydrogens is 348 g/mol. The van der Waals surface area contributed by atoms with Crippen LogP contribution in [0, 0.1) is 0 Å². The van der Waals surface area contributed by atoms with Gasteiger partial charge in [0.25, 0.3) is 10.0 Å². The van der Waals surface area contributed by atoms with Crippen LogP contribution in [-0.4, -0.2) is 19.4 Å². The standard InChI is InChI=1S/C13H9ClN2O4S2/c14-9-5-6-10(21-9)22(19,20)16-11-7-3-1-2-4-8(7)15-12(11)13(17)18/h1-6,15-16H,(H,17,18)/p-1. The topological polar surface area (TPSA) is 102 Å². The fraction of sp³-hybridized carbons (Fsp3) is 0. The molecule has 0 amide bonds. The fourth-order valence-corrected chi connectivity index (χ4v) is 4.60. The summed E-state index contributed by atoms with van der Waals surface area (Å²) < 4.78 is 27.3. The number of sulfonamides is 1. The van der Waals surface area contributed by atoms with E-state index in [4.69, 9.17) is 11.6 Å². The molecule has 2 heterocycles. The first kappa shape index (κ1) is 14.9. The molecule has 6 nitrogen and oxygen atoms in total. The third-order valence-electron chi connectivity index (χ3n) is 2.96. The highest BCUT2D eigenvalue weighted by Crippen LogP contribution is 2.32. The van der Waals surface area contributed by atoms with Crippen molar-refractivity contribution in [1.29, 1.82) is 0 Å². The van der Waals surface area contributed by atoms with Gasteiger partial charge in [0.15, 0.2) is 0 Å². The Labute approximate surface area is 134 Å². The van der Waals surface area contributed by atoms with Crippen LogP contribution in [0.4, 0.5) is 5.69 Å². The van der Waals surface area contributed by atoms with Gasteiger partial charge in [0.2, 0.25) is 0 Å². The van der Waals surface area contributed by atoms with Crippen LogP contribution in [-0.2, 0) is 10.0 Å². The second kappa shape index (κ2) is 5.31. The number of H-pyrrole nitrogens is 1. The Balaban J connectivity index is 2.14. The van der Waals surface area contributed by atoms with Crippen molar-refractivity contribution in [3.05, 3.63) is 46.4 Å². The van der Waals surface area contributed by atoms with Crippen molar-refractivity contribution in [2.45, 2.75) is 4.21 Å². The van der Waals surface area contributed by atoms with Gasteiger partial charge in [0.05, 0.1) is 21.7 Å². The molecule has 0 aliphatic heterocycles. The zero-order valence-corrected chi connectivity index (χ0v) is 13.2. The summed E-state index contributed by atoms with van der Waals surface area (Å²) >= 11 is 6.62. The molecule has 0 saturated carbocycles. The van der Waals surface area contributed by atoms with Crippen LogP contribution in [0.3, 0.4) is 0 Å². The average Bonchev–Trinajstić information content (AvgIpc) is 3.04. The van der Waals surface area contributed by atoms with Gasteiger partial charge in [-0.2, -0.15) is 0 Å². The van der Waals surface area contributed by atoms with E-state index in [9.17, 15) is 18.3 Å². The molecule has 3 rings (SSSR count). The zero-order chi connectivity index (χ0) is 15.9. The first-order chi connectivity index (χ1) is 10.4. The Morgan fingerprint density at radius 2 is 1.95 bits per heavy atom. The number of carboxylic acid groups (broad SMARTS) is 1. The molecule has 2 aromatic heterocycles. The minimum absolute atomic E-state index is 0.00733. The van der Waals surface area contributed by atoms with E-state index in [1.54, 1.807) is 24.3 Å². The predicted octanol–water partition coefficient (Wildman–Crippen LogP) is 2.05. The maximum atomic E-state index is 12.3. The number of halogens is 1. The first-order valence-electron chi connectivity index (χ1n) is 5.99. The number of aromatic amines is 1. The highest BCUT2D eigenvalue weighted by atomic mass is 35.5. The monoisotopic (exact) mass is 355 g/mol. The molecule has 0 aliphatic rings. The molecule has 114 valence electrons. The summed E-state index contributed by atoms with van der Waals surface area (Å²) in [5, 5.41) is 11.7. The lowest BCUT2D eigenvalue weighted by Gasteiger charge is -2.08. The molecule has 1 aromatic carbocycles. The Bertz CT molecular complexity index is 975. The second-order valence-corrected chi connectivity index (χ2v) is 8.00. The van der Waals surface area contributed by atoms with Crippen LogP contribution in [0.15, 0.2) is 40.6 Å². The number of aromatic carboxylic acids is 1. The third kappa shape index (κ3) is 2.56. The van der Waals surface area contributed by atoms with E-state index in [2.05, 4.69) is 9.71 Å². The summed E-state index contributed by atoms with van der Waals surface area (Å²) in [6, 6.07) is 9.43. The third-order valence-corrected chi connectivity index (χ3v) is 6.03. The van der Waals surface area contributed by atoms with E-state index in [1.165, 1.54) is 12.1 Å². The van der Waals surface area contributed by atoms with E-state index in [0.29, 0.717) is 15.2 Å². The van der Waals surface area contributed by atoms with Crippen molar-refractivity contribution in [2.75, 3.05) is 4.72 Å². The van der Waals surface area contributed by atoms with Crippen molar-refractivity contribution >= 4 is 55.5 Å². The number of para-hydroxylation sites is 1. The predicted molar refractivity (Wildman–Crippen MR) is 82.8 cm³/mol. The quantitative estimate of drug-likeness (QED) is 0.747. The largest absolute Gasteiger partial charge is 0.543 e. The number of aromatic nitrogens is 1. The SMILES string of the molecule is O=C([O-])c1[nH]c2ccccc2c1NS(=O)(=O)c1ccc(Cl)s1. The molecule has 3 aromatic rings. The van der Waals surface area contributed by atoms with E-state index in [0.717, 1.165) is 11.3 Å².